The summed E-state index contributed by atoms with van der Waals surface area (Å²) in [6, 6.07) is 0.377. The summed E-state index contributed by atoms with van der Waals surface area (Å²) in [5.74, 6) is 0.164. The number of nitrogens with one attached hydrogen (secondary N) is 1. The summed E-state index contributed by atoms with van der Waals surface area (Å²) in [6.07, 6.45) is 7.22. The lowest BCUT2D eigenvalue weighted by atomic mass is 9.89. The maximum Gasteiger partial charge on any atom is 0.254 e. The molecule has 2 fully saturated rings. The van der Waals surface area contributed by atoms with Crippen molar-refractivity contribution in [3.05, 3.63) is 16.9 Å². The van der Waals surface area contributed by atoms with Crippen LogP contribution in [0.15, 0.2) is 16.9 Å². The average Bonchev–Trinajstić information content (AvgIpc) is 3.01. The second-order valence-electron chi connectivity index (χ2n) is 6.11. The smallest absolute Gasteiger partial charge is 0.254 e. The summed E-state index contributed by atoms with van der Waals surface area (Å²) in [5.41, 5.74) is -0.618. The maximum absolute atomic E-state index is 12.9. The van der Waals surface area contributed by atoms with E-state index < -0.39 is 5.60 Å². The number of ether oxygens (including phenoxy) is 1. The highest BCUT2D eigenvalue weighted by atomic mass is 79.9. The van der Waals surface area contributed by atoms with Gasteiger partial charge in [-0.25, -0.2) is 0 Å². The number of hydrogen-bond donors (Lipinski definition) is 1. The number of likely N-dealkylation sites (tertiary alicyclic amines) is 1. The molecule has 1 amide bonds. The molecule has 23 heavy (non-hydrogen) atoms. The Hall–Kier alpha value is -0.630. The topological polar surface area (TPSA) is 59.4 Å². The molecule has 130 valence electrons. The van der Waals surface area contributed by atoms with Crippen LogP contribution >= 0.6 is 28.3 Å². The predicted molar refractivity (Wildman–Crippen MR) is 93.9 cm³/mol. The quantitative estimate of drug-likeness (QED) is 0.832. The molecule has 2 aliphatic heterocycles. The van der Waals surface area contributed by atoms with Gasteiger partial charge < -0.3 is 15.0 Å². The molecule has 1 aromatic heterocycles. The van der Waals surface area contributed by atoms with Gasteiger partial charge in [-0.05, 0) is 54.7 Å². The lowest BCUT2D eigenvalue weighted by molar-refractivity contribution is -0.159. The lowest BCUT2D eigenvalue weighted by Gasteiger charge is -2.41. The van der Waals surface area contributed by atoms with Gasteiger partial charge in [0.2, 0.25) is 0 Å². The molecule has 0 aromatic carbocycles. The molecule has 2 saturated heterocycles. The predicted octanol–water partition coefficient (Wildman–Crippen LogP) is 2.00. The van der Waals surface area contributed by atoms with Crippen LogP contribution in [-0.2, 0) is 9.53 Å². The van der Waals surface area contributed by atoms with E-state index >= 15 is 0 Å². The summed E-state index contributed by atoms with van der Waals surface area (Å²) < 4.78 is 8.66. The Bertz CT molecular complexity index is 525. The first kappa shape index (κ1) is 18.7. The fourth-order valence-corrected chi connectivity index (χ4v) is 3.77. The summed E-state index contributed by atoms with van der Waals surface area (Å²) in [5, 5.41) is 7.66. The molecular formula is C15H24BrClN4O2. The molecule has 6 nitrogen and oxygen atoms in total. The number of piperidine rings is 2. The van der Waals surface area contributed by atoms with Gasteiger partial charge in [-0.3, -0.25) is 9.48 Å². The molecule has 0 unspecified atom stereocenters. The van der Waals surface area contributed by atoms with Crippen LogP contribution < -0.4 is 5.32 Å². The highest BCUT2D eigenvalue weighted by Gasteiger charge is 2.43. The van der Waals surface area contributed by atoms with Gasteiger partial charge in [0, 0.05) is 26.4 Å². The third kappa shape index (κ3) is 3.90. The van der Waals surface area contributed by atoms with Crippen molar-refractivity contribution in [2.24, 2.45) is 0 Å². The average molecular weight is 408 g/mol. The molecule has 0 aliphatic carbocycles. The van der Waals surface area contributed by atoms with Crippen molar-refractivity contribution in [1.82, 2.24) is 20.0 Å². The Labute approximate surface area is 151 Å². The summed E-state index contributed by atoms with van der Waals surface area (Å²) >= 11 is 3.43. The molecule has 3 rings (SSSR count). The highest BCUT2D eigenvalue weighted by Crippen LogP contribution is 2.29. The van der Waals surface area contributed by atoms with Crippen LogP contribution in [0.4, 0.5) is 0 Å². The number of nitrogens with zero attached hydrogens (tertiary/aromatic N) is 3. The van der Waals surface area contributed by atoms with E-state index in [1.807, 2.05) is 22.0 Å². The zero-order valence-electron chi connectivity index (χ0n) is 13.3. The minimum atomic E-state index is -0.618. The van der Waals surface area contributed by atoms with E-state index in [1.54, 1.807) is 7.11 Å². The normalized spacial score (nSPS) is 21.7. The van der Waals surface area contributed by atoms with Gasteiger partial charge in [0.1, 0.15) is 5.60 Å². The molecule has 3 heterocycles. The van der Waals surface area contributed by atoms with Crippen LogP contribution in [0.5, 0.6) is 0 Å². The standard InChI is InChI=1S/C15H23BrN4O2.ClH/c1-22-15(4-6-17-7-5-15)14(21)19-8-2-13(3-9-19)20-11-12(16)10-18-20;/h10-11,13,17H,2-9H2,1H3;1H. The first-order valence-electron chi connectivity index (χ1n) is 7.89. The van der Waals surface area contributed by atoms with Crippen molar-refractivity contribution in [3.8, 4) is 0 Å². The second-order valence-corrected chi connectivity index (χ2v) is 7.03. The molecule has 0 spiro atoms. The summed E-state index contributed by atoms with van der Waals surface area (Å²) in [6.45, 7) is 3.24. The van der Waals surface area contributed by atoms with Gasteiger partial charge in [0.05, 0.1) is 16.7 Å². The zero-order valence-corrected chi connectivity index (χ0v) is 15.7. The second kappa shape index (κ2) is 7.96. The van der Waals surface area contributed by atoms with Crippen LogP contribution in [0.3, 0.4) is 0 Å². The van der Waals surface area contributed by atoms with E-state index in [9.17, 15) is 4.79 Å². The van der Waals surface area contributed by atoms with Gasteiger partial charge in [-0.2, -0.15) is 5.10 Å². The largest absolute Gasteiger partial charge is 0.368 e. The SMILES string of the molecule is COC1(C(=O)N2CCC(n3cc(Br)cn3)CC2)CCNCC1.Cl. The van der Waals surface area contributed by atoms with E-state index in [-0.39, 0.29) is 18.3 Å². The summed E-state index contributed by atoms with van der Waals surface area (Å²) in [4.78, 5) is 14.9. The number of aromatic nitrogens is 2. The first-order chi connectivity index (χ1) is 10.6. The number of rotatable bonds is 3. The fourth-order valence-electron chi connectivity index (χ4n) is 3.47. The molecule has 1 aromatic rings. The third-order valence-corrected chi connectivity index (χ3v) is 5.30. The lowest BCUT2D eigenvalue weighted by Crippen LogP contribution is -2.56. The molecule has 0 radical (unpaired) electrons. The van der Waals surface area contributed by atoms with Gasteiger partial charge >= 0.3 is 0 Å². The van der Waals surface area contributed by atoms with Crippen molar-refractivity contribution >= 4 is 34.2 Å². The van der Waals surface area contributed by atoms with Crippen molar-refractivity contribution in [2.75, 3.05) is 33.3 Å². The first-order valence-corrected chi connectivity index (χ1v) is 8.69. The van der Waals surface area contributed by atoms with Gasteiger partial charge in [-0.1, -0.05) is 0 Å². The van der Waals surface area contributed by atoms with Crippen molar-refractivity contribution in [1.29, 1.82) is 0 Å². The van der Waals surface area contributed by atoms with Crippen LogP contribution in [-0.4, -0.2) is 59.5 Å². The number of carbonyl (C=O) groups is 1. The molecular weight excluding hydrogens is 384 g/mol. The van der Waals surface area contributed by atoms with Gasteiger partial charge in [0.15, 0.2) is 0 Å². The van der Waals surface area contributed by atoms with Gasteiger partial charge in [0.25, 0.3) is 5.91 Å². The number of amides is 1. The minimum absolute atomic E-state index is 0. The number of halogens is 2. The van der Waals surface area contributed by atoms with E-state index in [0.717, 1.165) is 56.3 Å². The van der Waals surface area contributed by atoms with Crippen molar-refractivity contribution < 1.29 is 9.53 Å². The monoisotopic (exact) mass is 406 g/mol. The Morgan fingerprint density at radius 3 is 2.57 bits per heavy atom. The molecule has 0 saturated carbocycles. The van der Waals surface area contributed by atoms with Crippen LogP contribution in [0.25, 0.3) is 0 Å². The molecule has 1 N–H and O–H groups in total. The molecule has 0 bridgehead atoms. The third-order valence-electron chi connectivity index (χ3n) is 4.89. The van der Waals surface area contributed by atoms with Crippen LogP contribution in [0.1, 0.15) is 31.7 Å². The van der Waals surface area contributed by atoms with E-state index in [0.29, 0.717) is 6.04 Å². The van der Waals surface area contributed by atoms with Crippen LogP contribution in [0, 0.1) is 0 Å². The van der Waals surface area contributed by atoms with E-state index in [1.165, 1.54) is 0 Å². The fraction of sp³-hybridized carbons (Fsp3) is 0.733. The minimum Gasteiger partial charge on any atom is -0.368 e. The van der Waals surface area contributed by atoms with Gasteiger partial charge in [-0.15, -0.1) is 12.4 Å². The number of methoxy groups -OCH3 is 1. The molecule has 0 atom stereocenters. The van der Waals surface area contributed by atoms with Crippen molar-refractivity contribution in [3.63, 3.8) is 0 Å². The zero-order chi connectivity index (χ0) is 15.6. The van der Waals surface area contributed by atoms with E-state index in [2.05, 4.69) is 26.3 Å². The Kier molecular flexibility index (Phi) is 6.48. The van der Waals surface area contributed by atoms with Crippen LogP contribution in [0.2, 0.25) is 0 Å². The Morgan fingerprint density at radius 2 is 2.04 bits per heavy atom. The highest BCUT2D eigenvalue weighted by molar-refractivity contribution is 9.10. The molecule has 2 aliphatic rings. The van der Waals surface area contributed by atoms with Crippen molar-refractivity contribution in [2.45, 2.75) is 37.3 Å². The number of hydrogen-bond acceptors (Lipinski definition) is 4. The maximum atomic E-state index is 12.9. The Balaban J connectivity index is 0.00000192. The summed E-state index contributed by atoms with van der Waals surface area (Å²) in [7, 11) is 1.66. The Morgan fingerprint density at radius 1 is 1.39 bits per heavy atom. The number of carbonyl (C=O) groups excluding carboxylic acids is 1. The van der Waals surface area contributed by atoms with E-state index in [4.69, 9.17) is 4.74 Å². The molecule has 8 heteroatoms.